The quantitative estimate of drug-likeness (QED) is 0.173. The molecule has 0 heterocycles. The lowest BCUT2D eigenvalue weighted by Gasteiger charge is -2.32. The molecule has 2 rings (SSSR count). The van der Waals surface area contributed by atoms with E-state index in [1.165, 1.54) is 51.4 Å². The van der Waals surface area contributed by atoms with Gasteiger partial charge in [0.1, 0.15) is 0 Å². The van der Waals surface area contributed by atoms with Crippen LogP contribution in [0.25, 0.3) is 0 Å². The number of nitrogens with zero attached hydrogens (tertiary/aromatic N) is 1. The number of halogens is 1. The SMILES string of the molecule is CCOCCC1(CNC(=NC)NCC2(CCOCC)CCCC2)CCCC1.I. The summed E-state index contributed by atoms with van der Waals surface area (Å²) in [6, 6.07) is 0. The molecule has 0 saturated heterocycles. The van der Waals surface area contributed by atoms with E-state index in [-0.39, 0.29) is 24.0 Å². The van der Waals surface area contributed by atoms with Crippen LogP contribution in [0.3, 0.4) is 0 Å². The second-order valence-corrected chi connectivity index (χ2v) is 8.59. The smallest absolute Gasteiger partial charge is 0.191 e. The molecule has 166 valence electrons. The van der Waals surface area contributed by atoms with Crippen LogP contribution in [0.2, 0.25) is 0 Å². The summed E-state index contributed by atoms with van der Waals surface area (Å²) in [5, 5.41) is 7.28. The highest BCUT2D eigenvalue weighted by molar-refractivity contribution is 14.0. The normalized spacial score (nSPS) is 19.8. The zero-order valence-corrected chi connectivity index (χ0v) is 20.8. The summed E-state index contributed by atoms with van der Waals surface area (Å²) >= 11 is 0. The molecule has 5 nitrogen and oxygen atoms in total. The highest BCUT2D eigenvalue weighted by atomic mass is 127. The third-order valence-corrected chi connectivity index (χ3v) is 6.78. The van der Waals surface area contributed by atoms with Gasteiger partial charge in [-0.3, -0.25) is 4.99 Å². The van der Waals surface area contributed by atoms with Crippen molar-refractivity contribution in [2.75, 3.05) is 46.6 Å². The molecule has 0 bridgehead atoms. The molecule has 0 unspecified atom stereocenters. The van der Waals surface area contributed by atoms with Crippen LogP contribution >= 0.6 is 24.0 Å². The van der Waals surface area contributed by atoms with Crippen molar-refractivity contribution in [3.63, 3.8) is 0 Å². The molecular weight excluding hydrogens is 465 g/mol. The van der Waals surface area contributed by atoms with Crippen LogP contribution in [0.15, 0.2) is 4.99 Å². The molecule has 0 amide bonds. The molecule has 0 radical (unpaired) electrons. The van der Waals surface area contributed by atoms with Gasteiger partial charge in [-0.05, 0) is 63.2 Å². The van der Waals surface area contributed by atoms with Gasteiger partial charge < -0.3 is 20.1 Å². The summed E-state index contributed by atoms with van der Waals surface area (Å²) < 4.78 is 11.3. The monoisotopic (exact) mass is 509 g/mol. The number of ether oxygens (including phenoxy) is 2. The Labute approximate surface area is 190 Å². The molecule has 0 aromatic heterocycles. The molecule has 2 fully saturated rings. The summed E-state index contributed by atoms with van der Waals surface area (Å²) in [4.78, 5) is 4.50. The Kier molecular flexibility index (Phi) is 13.0. The van der Waals surface area contributed by atoms with Crippen molar-refractivity contribution in [1.29, 1.82) is 0 Å². The van der Waals surface area contributed by atoms with Crippen molar-refractivity contribution < 1.29 is 9.47 Å². The van der Waals surface area contributed by atoms with E-state index in [1.54, 1.807) is 0 Å². The molecular formula is C22H44IN3O2. The van der Waals surface area contributed by atoms with Crippen molar-refractivity contribution in [1.82, 2.24) is 10.6 Å². The van der Waals surface area contributed by atoms with Gasteiger partial charge >= 0.3 is 0 Å². The van der Waals surface area contributed by atoms with Crippen LogP contribution in [0.4, 0.5) is 0 Å². The van der Waals surface area contributed by atoms with E-state index >= 15 is 0 Å². The predicted octanol–water partition coefficient (Wildman–Crippen LogP) is 4.74. The first-order valence-electron chi connectivity index (χ1n) is 11.3. The Hall–Kier alpha value is -0.0800. The summed E-state index contributed by atoms with van der Waals surface area (Å²) in [7, 11) is 1.89. The fourth-order valence-corrected chi connectivity index (χ4v) is 4.91. The van der Waals surface area contributed by atoms with Crippen molar-refractivity contribution >= 4 is 29.9 Å². The van der Waals surface area contributed by atoms with E-state index in [2.05, 4.69) is 29.5 Å². The highest BCUT2D eigenvalue weighted by Gasteiger charge is 2.35. The van der Waals surface area contributed by atoms with Crippen molar-refractivity contribution in [3.8, 4) is 0 Å². The number of aliphatic imine (C=N–C) groups is 1. The largest absolute Gasteiger partial charge is 0.382 e. The lowest BCUT2D eigenvalue weighted by Crippen LogP contribution is -2.46. The fraction of sp³-hybridized carbons (Fsp3) is 0.955. The van der Waals surface area contributed by atoms with Crippen LogP contribution in [-0.2, 0) is 9.47 Å². The summed E-state index contributed by atoms with van der Waals surface area (Å²) in [6.07, 6.45) is 12.9. The zero-order chi connectivity index (χ0) is 19.4. The molecule has 0 spiro atoms. The first-order valence-corrected chi connectivity index (χ1v) is 11.3. The topological polar surface area (TPSA) is 54.9 Å². The molecule has 2 aliphatic rings. The number of nitrogens with one attached hydrogen (secondary N) is 2. The second-order valence-electron chi connectivity index (χ2n) is 8.59. The Bertz CT molecular complexity index is 397. The van der Waals surface area contributed by atoms with E-state index in [0.29, 0.717) is 10.8 Å². The van der Waals surface area contributed by atoms with Crippen molar-refractivity contribution in [2.24, 2.45) is 15.8 Å². The predicted molar refractivity (Wildman–Crippen MR) is 129 cm³/mol. The van der Waals surface area contributed by atoms with Gasteiger partial charge in [-0.25, -0.2) is 0 Å². The average molecular weight is 510 g/mol. The minimum atomic E-state index is 0. The Morgan fingerprint density at radius 3 is 1.50 bits per heavy atom. The zero-order valence-electron chi connectivity index (χ0n) is 18.5. The maximum atomic E-state index is 5.64. The van der Waals surface area contributed by atoms with Crippen LogP contribution in [-0.4, -0.2) is 52.5 Å². The van der Waals surface area contributed by atoms with Crippen LogP contribution in [0.5, 0.6) is 0 Å². The third kappa shape index (κ3) is 8.34. The molecule has 0 aromatic rings. The van der Waals surface area contributed by atoms with Gasteiger partial charge in [0.05, 0.1) is 0 Å². The van der Waals surface area contributed by atoms with Crippen molar-refractivity contribution in [2.45, 2.75) is 78.1 Å². The lowest BCUT2D eigenvalue weighted by atomic mass is 9.82. The van der Waals surface area contributed by atoms with Gasteiger partial charge in [-0.15, -0.1) is 24.0 Å². The molecule has 2 saturated carbocycles. The Morgan fingerprint density at radius 2 is 1.18 bits per heavy atom. The summed E-state index contributed by atoms with van der Waals surface area (Å²) in [5.74, 6) is 0.959. The number of hydrogen-bond donors (Lipinski definition) is 2. The first kappa shape index (κ1) is 26.0. The van der Waals surface area contributed by atoms with E-state index in [4.69, 9.17) is 9.47 Å². The maximum absolute atomic E-state index is 5.64. The van der Waals surface area contributed by atoms with E-state index in [9.17, 15) is 0 Å². The molecule has 0 aromatic carbocycles. The van der Waals surface area contributed by atoms with Crippen LogP contribution < -0.4 is 10.6 Å². The Balaban J connectivity index is 0.00000392. The number of rotatable bonds is 12. The van der Waals surface area contributed by atoms with E-state index in [0.717, 1.165) is 58.3 Å². The fourth-order valence-electron chi connectivity index (χ4n) is 4.91. The van der Waals surface area contributed by atoms with Gasteiger partial charge in [0.2, 0.25) is 0 Å². The molecule has 6 heteroatoms. The molecule has 28 heavy (non-hydrogen) atoms. The van der Waals surface area contributed by atoms with Crippen molar-refractivity contribution in [3.05, 3.63) is 0 Å². The standard InChI is InChI=1S/C22H43N3O2.HI/c1-4-26-16-14-21(10-6-7-11-21)18-24-20(23-3)25-19-22(12-8-9-13-22)15-17-27-5-2;/h4-19H2,1-3H3,(H2,23,24,25);1H. The van der Waals surface area contributed by atoms with Gasteiger partial charge in [0, 0.05) is 46.6 Å². The average Bonchev–Trinajstić information content (AvgIpc) is 3.33. The van der Waals surface area contributed by atoms with Gasteiger partial charge in [0.15, 0.2) is 5.96 Å². The molecule has 0 aliphatic heterocycles. The summed E-state index contributed by atoms with van der Waals surface area (Å²) in [5.41, 5.74) is 0.763. The second kappa shape index (κ2) is 14.0. The van der Waals surface area contributed by atoms with Crippen LogP contribution in [0.1, 0.15) is 78.1 Å². The summed E-state index contributed by atoms with van der Waals surface area (Å²) in [6.45, 7) is 9.56. The molecule has 0 atom stereocenters. The van der Waals surface area contributed by atoms with Gasteiger partial charge in [-0.1, -0.05) is 25.7 Å². The third-order valence-electron chi connectivity index (χ3n) is 6.78. The highest BCUT2D eigenvalue weighted by Crippen LogP contribution is 2.41. The van der Waals surface area contributed by atoms with E-state index < -0.39 is 0 Å². The lowest BCUT2D eigenvalue weighted by molar-refractivity contribution is 0.103. The minimum Gasteiger partial charge on any atom is -0.382 e. The van der Waals surface area contributed by atoms with Crippen LogP contribution in [0, 0.1) is 10.8 Å². The molecule has 2 aliphatic carbocycles. The maximum Gasteiger partial charge on any atom is 0.191 e. The van der Waals surface area contributed by atoms with Gasteiger partial charge in [0.25, 0.3) is 0 Å². The first-order chi connectivity index (χ1) is 13.2. The minimum absolute atomic E-state index is 0. The Morgan fingerprint density at radius 1 is 0.786 bits per heavy atom. The molecule has 2 N–H and O–H groups in total. The van der Waals surface area contributed by atoms with Gasteiger partial charge in [-0.2, -0.15) is 0 Å². The number of guanidine groups is 1. The number of hydrogen-bond acceptors (Lipinski definition) is 3. The van der Waals surface area contributed by atoms with E-state index in [1.807, 2.05) is 7.05 Å².